The molecule has 6 heteroatoms. The van der Waals surface area contributed by atoms with Gasteiger partial charge in [-0.05, 0) is 131 Å². The molecule has 10 aromatic carbocycles. The summed E-state index contributed by atoms with van der Waals surface area (Å²) >= 11 is 0. The Kier molecular flexibility index (Phi) is 7.26. The molecule has 0 saturated carbocycles. The first-order valence-corrected chi connectivity index (χ1v) is 19.8. The van der Waals surface area contributed by atoms with Crippen LogP contribution >= 0.6 is 0 Å². The van der Waals surface area contributed by atoms with Crippen LogP contribution in [0.5, 0.6) is 0 Å². The molecule has 12 rings (SSSR count). The number of hydrogen-bond donors (Lipinski definition) is 0. The molecule has 0 atom stereocenters. The fourth-order valence-corrected chi connectivity index (χ4v) is 9.09. The quantitative estimate of drug-likeness (QED) is 0.157. The van der Waals surface area contributed by atoms with Crippen LogP contribution in [0.2, 0.25) is 0 Å². The smallest absolute Gasteiger partial charge is 0.135 e. The van der Waals surface area contributed by atoms with Crippen LogP contribution in [0.25, 0.3) is 76.2 Å². The van der Waals surface area contributed by atoms with Gasteiger partial charge < -0.3 is 18.6 Å². The van der Waals surface area contributed by atoms with Crippen molar-refractivity contribution < 1.29 is 8.83 Å². The van der Waals surface area contributed by atoms with E-state index in [0.717, 1.165) is 110 Å². The van der Waals surface area contributed by atoms with E-state index in [1.165, 1.54) is 0 Å². The monoisotopic (exact) mass is 766 g/mol. The van der Waals surface area contributed by atoms with Gasteiger partial charge in [0.25, 0.3) is 0 Å². The summed E-state index contributed by atoms with van der Waals surface area (Å²) in [6, 6.07) is 66.8. The van der Waals surface area contributed by atoms with Crippen LogP contribution in [0.4, 0.5) is 34.1 Å². The number of para-hydroxylation sites is 2. The zero-order valence-corrected chi connectivity index (χ0v) is 31.9. The third-order valence-electron chi connectivity index (χ3n) is 11.8. The van der Waals surface area contributed by atoms with Gasteiger partial charge in [-0.25, -0.2) is 0 Å². The summed E-state index contributed by atoms with van der Waals surface area (Å²) in [5.74, 6) is 0. The zero-order chi connectivity index (χ0) is 39.9. The van der Waals surface area contributed by atoms with Gasteiger partial charge in [0.2, 0.25) is 0 Å². The van der Waals surface area contributed by atoms with Gasteiger partial charge in [-0.1, -0.05) is 72.8 Å². The SMILES string of the molecule is N#Cc1ccc(N(c2ccc3oc4ccccc4c3c2)c2ccc3ccc4c(N(c5ccc(C#N)cc5)c5ccc6oc7ccccc7c6c5)ccc5ccc2c3c54)cc1. The highest BCUT2D eigenvalue weighted by molar-refractivity contribution is 6.28. The Morgan fingerprint density at radius 2 is 0.717 bits per heavy atom. The number of fused-ring (bicyclic) bond motifs is 6. The lowest BCUT2D eigenvalue weighted by Gasteiger charge is -2.29. The third kappa shape index (κ3) is 5.05. The Morgan fingerprint density at radius 3 is 1.15 bits per heavy atom. The van der Waals surface area contributed by atoms with E-state index < -0.39 is 0 Å². The first-order valence-electron chi connectivity index (χ1n) is 19.8. The minimum Gasteiger partial charge on any atom is -0.456 e. The molecule has 0 unspecified atom stereocenters. The highest BCUT2D eigenvalue weighted by atomic mass is 16.3. The Balaban J connectivity index is 1.10. The predicted molar refractivity (Wildman–Crippen MR) is 243 cm³/mol. The van der Waals surface area contributed by atoms with Crippen molar-refractivity contribution in [3.63, 3.8) is 0 Å². The molecule has 0 bridgehead atoms. The topological polar surface area (TPSA) is 80.3 Å². The summed E-state index contributed by atoms with van der Waals surface area (Å²) in [4.78, 5) is 4.56. The minimum absolute atomic E-state index is 0.602. The lowest BCUT2D eigenvalue weighted by atomic mass is 9.91. The number of nitriles is 2. The number of nitrogens with zero attached hydrogens (tertiary/aromatic N) is 4. The number of hydrogen-bond acceptors (Lipinski definition) is 6. The zero-order valence-electron chi connectivity index (χ0n) is 31.9. The first-order chi connectivity index (χ1) is 29.6. The van der Waals surface area contributed by atoms with Gasteiger partial charge in [-0.3, -0.25) is 0 Å². The van der Waals surface area contributed by atoms with Crippen LogP contribution in [-0.2, 0) is 0 Å². The number of benzene rings is 10. The molecule has 0 saturated heterocycles. The van der Waals surface area contributed by atoms with Gasteiger partial charge in [-0.2, -0.15) is 10.5 Å². The van der Waals surface area contributed by atoms with Crippen LogP contribution in [0.1, 0.15) is 11.1 Å². The second-order valence-electron chi connectivity index (χ2n) is 15.1. The second kappa shape index (κ2) is 13.0. The number of rotatable bonds is 6. The van der Waals surface area contributed by atoms with Crippen molar-refractivity contribution in [3.8, 4) is 12.1 Å². The Morgan fingerprint density at radius 1 is 0.333 bits per heavy atom. The maximum absolute atomic E-state index is 9.71. The van der Waals surface area contributed by atoms with Gasteiger partial charge in [0.1, 0.15) is 22.3 Å². The van der Waals surface area contributed by atoms with Gasteiger partial charge in [0.15, 0.2) is 0 Å². The number of furan rings is 2. The summed E-state index contributed by atoms with van der Waals surface area (Å²) in [5.41, 5.74) is 10.4. The van der Waals surface area contributed by atoms with E-state index in [0.29, 0.717) is 11.1 Å². The summed E-state index contributed by atoms with van der Waals surface area (Å²) in [5, 5.41) is 30.4. The molecule has 278 valence electrons. The molecule has 2 heterocycles. The molecular weight excluding hydrogens is 737 g/mol. The van der Waals surface area contributed by atoms with Crippen molar-refractivity contribution in [1.29, 1.82) is 10.5 Å². The van der Waals surface area contributed by atoms with Crippen molar-refractivity contribution in [2.24, 2.45) is 0 Å². The Labute approximate surface area is 343 Å². The molecule has 0 spiro atoms. The average Bonchev–Trinajstić information content (AvgIpc) is 3.87. The van der Waals surface area contributed by atoms with Gasteiger partial charge in [0, 0.05) is 55.1 Å². The molecule has 0 aliphatic carbocycles. The highest BCUT2D eigenvalue weighted by Gasteiger charge is 2.23. The van der Waals surface area contributed by atoms with Gasteiger partial charge in [-0.15, -0.1) is 0 Å². The van der Waals surface area contributed by atoms with Crippen LogP contribution in [0.15, 0.2) is 191 Å². The Hall–Kier alpha value is -8.58. The van der Waals surface area contributed by atoms with Crippen molar-refractivity contribution >= 4 is 110 Å². The molecule has 6 nitrogen and oxygen atoms in total. The van der Waals surface area contributed by atoms with Gasteiger partial charge in [0.05, 0.1) is 34.6 Å². The molecular formula is C54H30N4O2. The van der Waals surface area contributed by atoms with Crippen molar-refractivity contribution in [3.05, 3.63) is 193 Å². The molecule has 0 aliphatic heterocycles. The van der Waals surface area contributed by atoms with E-state index in [-0.39, 0.29) is 0 Å². The Bertz CT molecular complexity index is 3500. The summed E-state index contributed by atoms with van der Waals surface area (Å²) < 4.78 is 12.5. The molecule has 2 aromatic heterocycles. The van der Waals surface area contributed by atoms with Crippen LogP contribution in [-0.4, -0.2) is 0 Å². The van der Waals surface area contributed by atoms with E-state index in [4.69, 9.17) is 8.83 Å². The minimum atomic E-state index is 0.602. The molecule has 60 heavy (non-hydrogen) atoms. The van der Waals surface area contributed by atoms with E-state index in [2.05, 4.69) is 107 Å². The van der Waals surface area contributed by atoms with Crippen LogP contribution in [0, 0.1) is 22.7 Å². The molecule has 12 aromatic rings. The highest BCUT2D eigenvalue weighted by Crippen LogP contribution is 2.48. The van der Waals surface area contributed by atoms with E-state index in [9.17, 15) is 10.5 Å². The molecule has 0 N–H and O–H groups in total. The molecule has 0 amide bonds. The van der Waals surface area contributed by atoms with Gasteiger partial charge >= 0.3 is 0 Å². The molecule has 0 radical (unpaired) electrons. The van der Waals surface area contributed by atoms with Crippen molar-refractivity contribution in [2.45, 2.75) is 0 Å². The third-order valence-corrected chi connectivity index (χ3v) is 11.8. The van der Waals surface area contributed by atoms with E-state index in [1.54, 1.807) is 0 Å². The average molecular weight is 767 g/mol. The molecule has 0 fully saturated rings. The first kappa shape index (κ1) is 33.5. The van der Waals surface area contributed by atoms with E-state index in [1.807, 2.05) is 97.1 Å². The second-order valence-corrected chi connectivity index (χ2v) is 15.1. The molecule has 0 aliphatic rings. The van der Waals surface area contributed by atoms with Crippen LogP contribution in [0.3, 0.4) is 0 Å². The fraction of sp³-hybridized carbons (Fsp3) is 0. The fourth-order valence-electron chi connectivity index (χ4n) is 9.09. The lowest BCUT2D eigenvalue weighted by Crippen LogP contribution is -2.11. The largest absolute Gasteiger partial charge is 0.456 e. The maximum atomic E-state index is 9.71. The van der Waals surface area contributed by atoms with E-state index >= 15 is 0 Å². The van der Waals surface area contributed by atoms with Crippen LogP contribution < -0.4 is 9.80 Å². The number of anilines is 6. The summed E-state index contributed by atoms with van der Waals surface area (Å²) in [6.07, 6.45) is 0. The normalized spacial score (nSPS) is 11.6. The van der Waals surface area contributed by atoms with Crippen molar-refractivity contribution in [2.75, 3.05) is 9.80 Å². The lowest BCUT2D eigenvalue weighted by molar-refractivity contribution is 0.668. The van der Waals surface area contributed by atoms with Crippen molar-refractivity contribution in [1.82, 2.24) is 0 Å². The predicted octanol–water partition coefficient (Wildman–Crippen LogP) is 15.1. The summed E-state index contributed by atoms with van der Waals surface area (Å²) in [6.45, 7) is 0. The summed E-state index contributed by atoms with van der Waals surface area (Å²) in [7, 11) is 0. The maximum Gasteiger partial charge on any atom is 0.135 e. The standard InChI is InChI=1S/C54H30N4O2/c55-31-33-9-17-37(18-10-33)57(39-21-27-51-45(29-39)41-5-1-3-7-49(41)59-51)47-25-15-35-14-24-44-48(26-16-36-13-23-43(47)53(35)54(36)44)58(38-19-11-34(32-56)12-20-38)40-22-28-52-46(30-40)42-6-2-4-8-50(42)60-52/h1-30H.